The van der Waals surface area contributed by atoms with Gasteiger partial charge in [-0.15, -0.1) is 0 Å². The summed E-state index contributed by atoms with van der Waals surface area (Å²) in [6.45, 7) is 0. The van der Waals surface area contributed by atoms with Crippen molar-refractivity contribution in [1.82, 2.24) is 0 Å². The van der Waals surface area contributed by atoms with Crippen LogP contribution in [-0.2, 0) is 59.0 Å². The summed E-state index contributed by atoms with van der Waals surface area (Å²) in [7, 11) is -3.23. The average molecular weight is 1130 g/mol. The molecule has 9 aromatic carbocycles. The van der Waals surface area contributed by atoms with Crippen molar-refractivity contribution in [2.45, 2.75) is 67.6 Å². The average Bonchev–Trinajstić information content (AvgIpc) is 3.97. The SMILES string of the molecule is [Cl-].[Cl-].[Cl-].[Ti+3][CH]1CCCC2C3C=CC=CC3C([Si](c3cc(Cc4ccccc4)cc(Cc4ccccc4)c3)(c3cc(Cc4ccccc4)cc(Cc4ccccc4)c3)c3cc(Cc4ccccc4)cc(Cc4ccccc4)c3)C12. The van der Waals surface area contributed by atoms with Gasteiger partial charge in [0.05, 0.1) is 0 Å². The van der Waals surface area contributed by atoms with Crippen LogP contribution in [0.15, 0.2) is 261 Å². The van der Waals surface area contributed by atoms with E-state index in [1.165, 1.54) is 86.0 Å². The zero-order valence-corrected chi connectivity index (χ0v) is 49.1. The molecule has 9 aromatic rings. The van der Waals surface area contributed by atoms with E-state index in [4.69, 9.17) is 0 Å². The molecule has 2 fully saturated rings. The third-order valence-corrected chi connectivity index (χ3v) is 23.5. The molecule has 12 rings (SSSR count). The first-order valence-electron chi connectivity index (χ1n) is 27.7. The fourth-order valence-corrected chi connectivity index (χ4v) is 22.1. The van der Waals surface area contributed by atoms with Gasteiger partial charge in [0.2, 0.25) is 0 Å². The van der Waals surface area contributed by atoms with E-state index in [2.05, 4.69) is 281 Å². The van der Waals surface area contributed by atoms with Crippen molar-refractivity contribution in [3.05, 3.63) is 328 Å². The van der Waals surface area contributed by atoms with Crippen LogP contribution in [0.3, 0.4) is 0 Å². The zero-order chi connectivity index (χ0) is 50.4. The molecular formula is C73H67Cl3SiTi. The predicted molar refractivity (Wildman–Crippen MR) is 313 cm³/mol. The molecule has 5 heteroatoms. The number of halogens is 3. The Morgan fingerprint density at radius 1 is 0.321 bits per heavy atom. The molecule has 6 unspecified atom stereocenters. The van der Waals surface area contributed by atoms with Gasteiger partial charge in [-0.1, -0.05) is 0 Å². The van der Waals surface area contributed by atoms with Crippen LogP contribution >= 0.6 is 0 Å². The Morgan fingerprint density at radius 2 is 0.590 bits per heavy atom. The third-order valence-electron chi connectivity index (χ3n) is 17.1. The molecule has 3 aliphatic rings. The molecule has 0 N–H and O–H groups in total. The van der Waals surface area contributed by atoms with E-state index in [1.54, 1.807) is 15.6 Å². The van der Waals surface area contributed by atoms with Gasteiger partial charge in [-0.25, -0.2) is 0 Å². The minimum atomic E-state index is -3.23. The summed E-state index contributed by atoms with van der Waals surface area (Å²) in [4.78, 5) is 0. The molecule has 0 saturated heterocycles. The van der Waals surface area contributed by atoms with Crippen molar-refractivity contribution < 1.29 is 57.7 Å². The first-order valence-corrected chi connectivity index (χ1v) is 30.7. The molecule has 0 heterocycles. The molecule has 0 aromatic heterocycles. The number of fused-ring (bicyclic) bond motifs is 3. The van der Waals surface area contributed by atoms with Crippen LogP contribution < -0.4 is 52.8 Å². The summed E-state index contributed by atoms with van der Waals surface area (Å²) in [5.41, 5.74) is 17.1. The molecule has 0 spiro atoms. The standard InChI is InChI=1S/C73H67Si.3ClH.Ti/c1-7-23-54(24-8-1)39-60-45-61(40-55-25-9-2-10-26-55)49-66(48-60)74(73-71-37-21-19-35-69(71)70-36-20-22-38-72(70)73,67-50-62(41-56-27-11-3-12-28-56)46-63(51-67)42-57-29-13-4-14-30-57)68-52-64(43-58-31-15-5-16-32-58)47-65(53-68)44-59-33-17-6-18-34-59;;;;/h1-19,21,23-35,37-38,45-53,69-73H,20,22,36,39-44H2;3*1H;/q;;;;+3/p-3. The Kier molecular flexibility index (Phi) is 19.3. The van der Waals surface area contributed by atoms with Gasteiger partial charge in [-0.2, -0.15) is 0 Å². The topological polar surface area (TPSA) is 0 Å². The molecule has 0 aliphatic heterocycles. The molecule has 0 amide bonds. The van der Waals surface area contributed by atoms with Gasteiger partial charge in [0.1, 0.15) is 0 Å². The van der Waals surface area contributed by atoms with Crippen LogP contribution in [0.25, 0.3) is 0 Å². The predicted octanol–water partition coefficient (Wildman–Crippen LogP) is 6.21. The maximum absolute atomic E-state index is 3.23. The molecule has 388 valence electrons. The summed E-state index contributed by atoms with van der Waals surface area (Å²) < 4.78 is 0.608. The van der Waals surface area contributed by atoms with Gasteiger partial charge in [-0.3, -0.25) is 0 Å². The monoisotopic (exact) mass is 1120 g/mol. The second-order valence-corrected chi connectivity index (χ2v) is 27.3. The third kappa shape index (κ3) is 12.6. The molecule has 3 aliphatic carbocycles. The van der Waals surface area contributed by atoms with Crippen LogP contribution in [0.4, 0.5) is 0 Å². The van der Waals surface area contributed by atoms with Crippen LogP contribution in [-0.4, -0.2) is 8.07 Å². The molecule has 78 heavy (non-hydrogen) atoms. The van der Waals surface area contributed by atoms with Crippen molar-refractivity contribution >= 4 is 23.6 Å². The summed E-state index contributed by atoms with van der Waals surface area (Å²) in [6, 6.07) is 91.7. The first-order chi connectivity index (χ1) is 37.0. The normalized spacial score (nSPS) is 19.1. The molecule has 0 nitrogen and oxygen atoms in total. The summed E-state index contributed by atoms with van der Waals surface area (Å²) in [5, 5.41) is 4.74. The van der Waals surface area contributed by atoms with Crippen molar-refractivity contribution in [2.24, 2.45) is 23.7 Å². The number of rotatable bonds is 16. The van der Waals surface area contributed by atoms with Gasteiger partial charge in [-0.05, 0) is 0 Å². The van der Waals surface area contributed by atoms with E-state index in [-0.39, 0.29) is 37.2 Å². The maximum atomic E-state index is 2.76. The Bertz CT molecular complexity index is 2910. The van der Waals surface area contributed by atoms with Gasteiger partial charge >= 0.3 is 463 Å². The number of hydrogen-bond donors (Lipinski definition) is 0. The van der Waals surface area contributed by atoms with Crippen LogP contribution in [0.1, 0.15) is 86.0 Å². The Hall–Kier alpha value is -5.74. The van der Waals surface area contributed by atoms with Crippen LogP contribution in [0.5, 0.6) is 0 Å². The number of hydrogen-bond acceptors (Lipinski definition) is 0. The quantitative estimate of drug-likeness (QED) is 0.0800. The Balaban J connectivity index is 0.00000247. The minimum absolute atomic E-state index is 0. The molecule has 0 bridgehead atoms. The summed E-state index contributed by atoms with van der Waals surface area (Å²) in [6.07, 6.45) is 19.5. The Labute approximate surface area is 496 Å². The molecule has 0 radical (unpaired) electrons. The van der Waals surface area contributed by atoms with Gasteiger partial charge < -0.3 is 37.2 Å². The van der Waals surface area contributed by atoms with Crippen molar-refractivity contribution in [3.8, 4) is 0 Å². The summed E-state index contributed by atoms with van der Waals surface area (Å²) >= 11 is 2.65. The molecular weight excluding hydrogens is 1060 g/mol. The van der Waals surface area contributed by atoms with Crippen LogP contribution in [0, 0.1) is 23.7 Å². The fourth-order valence-electron chi connectivity index (χ4n) is 14.1. The van der Waals surface area contributed by atoms with Gasteiger partial charge in [0.25, 0.3) is 0 Å². The fraction of sp³-hybridized carbons (Fsp3) is 0.205. The van der Waals surface area contributed by atoms with Crippen molar-refractivity contribution in [3.63, 3.8) is 0 Å². The molecule has 6 atom stereocenters. The van der Waals surface area contributed by atoms with Gasteiger partial charge in [0, 0.05) is 0 Å². The van der Waals surface area contributed by atoms with E-state index < -0.39 is 8.07 Å². The van der Waals surface area contributed by atoms with E-state index >= 15 is 0 Å². The summed E-state index contributed by atoms with van der Waals surface area (Å²) in [5.74, 6) is 2.14. The zero-order valence-electron chi connectivity index (χ0n) is 44.3. The van der Waals surface area contributed by atoms with Crippen molar-refractivity contribution in [1.29, 1.82) is 0 Å². The second-order valence-electron chi connectivity index (χ2n) is 22.1. The first kappa shape index (κ1) is 57.0. The van der Waals surface area contributed by atoms with Crippen LogP contribution in [0.2, 0.25) is 9.76 Å². The second kappa shape index (κ2) is 26.5. The van der Waals surface area contributed by atoms with E-state index in [9.17, 15) is 0 Å². The number of allylic oxidation sites excluding steroid dienone is 4. The van der Waals surface area contributed by atoms with Gasteiger partial charge in [0.15, 0.2) is 0 Å². The van der Waals surface area contributed by atoms with E-state index in [0.29, 0.717) is 33.4 Å². The molecule has 2 saturated carbocycles. The number of benzene rings is 9. The van der Waals surface area contributed by atoms with Crippen molar-refractivity contribution in [2.75, 3.05) is 0 Å². The Morgan fingerprint density at radius 3 is 0.872 bits per heavy atom. The van der Waals surface area contributed by atoms with E-state index in [0.717, 1.165) is 38.5 Å². The van der Waals surface area contributed by atoms with E-state index in [1.807, 2.05) is 0 Å².